The molecule has 6 nitrogen and oxygen atoms in total. The standard InChI is InChI=1S/C21H22N4O2S/c22-20(26)17-9-4-5-11-25(17)21(27)16-14-24(13-15-7-2-1-3-8-15)23-19(16)18-10-6-12-28-18/h1-3,6-8,10,12,14,17H,4-5,9,11,13H2,(H2,22,26)/t17-/m1/s1. The highest BCUT2D eigenvalue weighted by Crippen LogP contribution is 2.29. The highest BCUT2D eigenvalue weighted by atomic mass is 32.1. The van der Waals surface area contributed by atoms with Crippen LogP contribution in [0.25, 0.3) is 10.6 Å². The molecule has 0 unspecified atom stereocenters. The summed E-state index contributed by atoms with van der Waals surface area (Å²) in [5.41, 5.74) is 7.85. The van der Waals surface area contributed by atoms with E-state index in [0.717, 1.165) is 23.3 Å². The third-order valence-electron chi connectivity index (χ3n) is 5.03. The van der Waals surface area contributed by atoms with Crippen LogP contribution >= 0.6 is 11.3 Å². The van der Waals surface area contributed by atoms with Gasteiger partial charge in [0.2, 0.25) is 5.91 Å². The van der Waals surface area contributed by atoms with Crippen LogP contribution in [-0.2, 0) is 11.3 Å². The van der Waals surface area contributed by atoms with Crippen molar-refractivity contribution in [2.75, 3.05) is 6.54 Å². The van der Waals surface area contributed by atoms with E-state index in [4.69, 9.17) is 10.8 Å². The molecule has 0 bridgehead atoms. The van der Waals surface area contributed by atoms with Gasteiger partial charge in [-0.1, -0.05) is 36.4 Å². The summed E-state index contributed by atoms with van der Waals surface area (Å²) in [5, 5.41) is 6.66. The van der Waals surface area contributed by atoms with Gasteiger partial charge in [-0.05, 0) is 36.3 Å². The maximum Gasteiger partial charge on any atom is 0.258 e. The van der Waals surface area contributed by atoms with Crippen molar-refractivity contribution in [1.29, 1.82) is 0 Å². The maximum atomic E-state index is 13.4. The second kappa shape index (κ2) is 7.98. The largest absolute Gasteiger partial charge is 0.368 e. The molecule has 144 valence electrons. The lowest BCUT2D eigenvalue weighted by Gasteiger charge is -2.33. The number of hydrogen-bond acceptors (Lipinski definition) is 4. The van der Waals surface area contributed by atoms with Crippen LogP contribution in [-0.4, -0.2) is 39.1 Å². The quantitative estimate of drug-likeness (QED) is 0.722. The fourth-order valence-electron chi connectivity index (χ4n) is 3.65. The van der Waals surface area contributed by atoms with Gasteiger partial charge in [-0.15, -0.1) is 11.3 Å². The van der Waals surface area contributed by atoms with Crippen LogP contribution in [0.3, 0.4) is 0 Å². The lowest BCUT2D eigenvalue weighted by molar-refractivity contribution is -0.123. The highest BCUT2D eigenvalue weighted by molar-refractivity contribution is 7.13. The molecule has 1 aliphatic rings. The molecule has 2 aromatic heterocycles. The molecule has 4 rings (SSSR count). The molecule has 3 heterocycles. The Kier molecular flexibility index (Phi) is 5.25. The normalized spacial score (nSPS) is 16.9. The molecule has 3 aromatic rings. The minimum Gasteiger partial charge on any atom is -0.368 e. The predicted molar refractivity (Wildman–Crippen MR) is 109 cm³/mol. The van der Waals surface area contributed by atoms with E-state index in [1.807, 2.05) is 47.8 Å². The number of carbonyl (C=O) groups excluding carboxylic acids is 2. The molecule has 0 saturated carbocycles. The first-order chi connectivity index (χ1) is 13.6. The highest BCUT2D eigenvalue weighted by Gasteiger charge is 2.33. The number of piperidine rings is 1. The Labute approximate surface area is 167 Å². The Bertz CT molecular complexity index is 966. The molecule has 7 heteroatoms. The van der Waals surface area contributed by atoms with Crippen LogP contribution in [0.1, 0.15) is 35.2 Å². The Balaban J connectivity index is 1.70. The Hall–Kier alpha value is -2.93. The van der Waals surface area contributed by atoms with Gasteiger partial charge in [-0.25, -0.2) is 0 Å². The Morgan fingerprint density at radius 1 is 1.14 bits per heavy atom. The number of rotatable bonds is 5. The topological polar surface area (TPSA) is 81.2 Å². The van der Waals surface area contributed by atoms with E-state index in [0.29, 0.717) is 30.8 Å². The van der Waals surface area contributed by atoms with Crippen molar-refractivity contribution in [2.24, 2.45) is 5.73 Å². The third-order valence-corrected chi connectivity index (χ3v) is 5.90. The Morgan fingerprint density at radius 2 is 1.96 bits per heavy atom. The molecular formula is C21H22N4O2S. The van der Waals surface area contributed by atoms with Gasteiger partial charge < -0.3 is 10.6 Å². The Morgan fingerprint density at radius 3 is 2.68 bits per heavy atom. The molecule has 1 aliphatic heterocycles. The van der Waals surface area contributed by atoms with Crippen LogP contribution in [0, 0.1) is 0 Å². The first kappa shape index (κ1) is 18.4. The van der Waals surface area contributed by atoms with Gasteiger partial charge in [0.05, 0.1) is 17.0 Å². The summed E-state index contributed by atoms with van der Waals surface area (Å²) in [4.78, 5) is 27.8. The van der Waals surface area contributed by atoms with Crippen LogP contribution in [0.4, 0.5) is 0 Å². The van der Waals surface area contributed by atoms with Crippen LogP contribution in [0.5, 0.6) is 0 Å². The number of aromatic nitrogens is 2. The fourth-order valence-corrected chi connectivity index (χ4v) is 4.37. The first-order valence-electron chi connectivity index (χ1n) is 9.39. The molecule has 0 spiro atoms. The summed E-state index contributed by atoms with van der Waals surface area (Å²) >= 11 is 1.54. The number of nitrogens with two attached hydrogens (primary N) is 1. The van der Waals surface area contributed by atoms with Gasteiger partial charge in [0.25, 0.3) is 5.91 Å². The van der Waals surface area contributed by atoms with E-state index in [1.54, 1.807) is 27.1 Å². The van der Waals surface area contributed by atoms with E-state index < -0.39 is 11.9 Å². The number of benzene rings is 1. The summed E-state index contributed by atoms with van der Waals surface area (Å²) in [6.07, 6.45) is 4.19. The van der Waals surface area contributed by atoms with E-state index in [-0.39, 0.29) is 5.91 Å². The second-order valence-corrected chi connectivity index (χ2v) is 7.91. The van der Waals surface area contributed by atoms with E-state index in [2.05, 4.69) is 0 Å². The van der Waals surface area contributed by atoms with Crippen molar-refractivity contribution in [3.8, 4) is 10.6 Å². The minimum atomic E-state index is -0.546. The van der Waals surface area contributed by atoms with Gasteiger partial charge in [-0.3, -0.25) is 14.3 Å². The third kappa shape index (κ3) is 3.71. The zero-order valence-corrected chi connectivity index (χ0v) is 16.3. The molecule has 1 saturated heterocycles. The smallest absolute Gasteiger partial charge is 0.258 e. The zero-order chi connectivity index (χ0) is 19.5. The van der Waals surface area contributed by atoms with Crippen LogP contribution < -0.4 is 5.73 Å². The molecule has 28 heavy (non-hydrogen) atoms. The summed E-state index contributed by atoms with van der Waals surface area (Å²) < 4.78 is 1.79. The number of carbonyl (C=O) groups is 2. The maximum absolute atomic E-state index is 13.4. The molecule has 2 N–H and O–H groups in total. The minimum absolute atomic E-state index is 0.175. The number of amides is 2. The van der Waals surface area contributed by atoms with Crippen molar-refractivity contribution in [1.82, 2.24) is 14.7 Å². The molecular weight excluding hydrogens is 372 g/mol. The predicted octanol–water partition coefficient (Wildman–Crippen LogP) is 3.14. The van der Waals surface area contributed by atoms with E-state index >= 15 is 0 Å². The molecule has 1 fully saturated rings. The fraction of sp³-hybridized carbons (Fsp3) is 0.286. The van der Waals surface area contributed by atoms with Gasteiger partial charge in [0.15, 0.2) is 0 Å². The van der Waals surface area contributed by atoms with Crippen molar-refractivity contribution in [3.05, 3.63) is 65.2 Å². The van der Waals surface area contributed by atoms with Crippen molar-refractivity contribution in [2.45, 2.75) is 31.8 Å². The number of thiophene rings is 1. The number of nitrogens with zero attached hydrogens (tertiary/aromatic N) is 3. The van der Waals surface area contributed by atoms with Gasteiger partial charge in [0.1, 0.15) is 11.7 Å². The van der Waals surface area contributed by atoms with Crippen LogP contribution in [0.2, 0.25) is 0 Å². The number of primary amides is 1. The lowest BCUT2D eigenvalue weighted by atomic mass is 10.0. The van der Waals surface area contributed by atoms with Crippen molar-refractivity contribution < 1.29 is 9.59 Å². The van der Waals surface area contributed by atoms with Gasteiger partial charge in [-0.2, -0.15) is 5.10 Å². The van der Waals surface area contributed by atoms with Crippen molar-refractivity contribution in [3.63, 3.8) is 0 Å². The monoisotopic (exact) mass is 394 g/mol. The second-order valence-electron chi connectivity index (χ2n) is 6.96. The molecule has 0 aliphatic carbocycles. The number of likely N-dealkylation sites (tertiary alicyclic amines) is 1. The lowest BCUT2D eigenvalue weighted by Crippen LogP contribution is -2.50. The van der Waals surface area contributed by atoms with Crippen LogP contribution in [0.15, 0.2) is 54.0 Å². The van der Waals surface area contributed by atoms with E-state index in [1.165, 1.54) is 0 Å². The van der Waals surface area contributed by atoms with E-state index in [9.17, 15) is 9.59 Å². The zero-order valence-electron chi connectivity index (χ0n) is 15.5. The average Bonchev–Trinajstić information content (AvgIpc) is 3.38. The molecule has 0 radical (unpaired) electrons. The summed E-state index contributed by atoms with van der Waals surface area (Å²) in [5.74, 6) is -0.617. The summed E-state index contributed by atoms with van der Waals surface area (Å²) in [6.45, 7) is 1.12. The SMILES string of the molecule is NC(=O)[C@H]1CCCCN1C(=O)c1cn(Cc2ccccc2)nc1-c1cccs1. The number of hydrogen-bond donors (Lipinski definition) is 1. The molecule has 1 atom stereocenters. The average molecular weight is 395 g/mol. The van der Waals surface area contributed by atoms with Gasteiger partial charge >= 0.3 is 0 Å². The first-order valence-corrected chi connectivity index (χ1v) is 10.3. The van der Waals surface area contributed by atoms with Crippen molar-refractivity contribution >= 4 is 23.2 Å². The summed E-state index contributed by atoms with van der Waals surface area (Å²) in [6, 6.07) is 13.3. The molecule has 1 aromatic carbocycles. The summed E-state index contributed by atoms with van der Waals surface area (Å²) in [7, 11) is 0. The van der Waals surface area contributed by atoms with Gasteiger partial charge in [0, 0.05) is 12.7 Å². The molecule has 2 amide bonds.